The number of carbonyl (C=O) groups excluding carboxylic acids is 2. The standard InChI is InChI=1S/C52H44Cl4O6/c1-27-21-30(17-19-40(27)60-29(3)57)52(34-15-11-9-13-32(34)33-14-10-12-16-35(33)52)31-18-20-41(28(2)22-31)61-48(58)62-47-39(54)24-37-43(45(47)56)51(26-50(37,6)7)25-49(4,5)36-23-38(53)46(59-8)44(55)42(36)51/h9-24H,25-26H2,1-8H3. The Morgan fingerprint density at radius 2 is 1.02 bits per heavy atom. The van der Waals surface area contributed by atoms with Crippen LogP contribution in [0.15, 0.2) is 97.1 Å². The van der Waals surface area contributed by atoms with Crippen LogP contribution in [-0.4, -0.2) is 19.2 Å². The Morgan fingerprint density at radius 1 is 0.565 bits per heavy atom. The largest absolute Gasteiger partial charge is 0.519 e. The highest BCUT2D eigenvalue weighted by Crippen LogP contribution is 2.68. The second-order valence-corrected chi connectivity index (χ2v) is 19.7. The van der Waals surface area contributed by atoms with Crippen LogP contribution in [0.4, 0.5) is 4.79 Å². The molecule has 1 unspecified atom stereocenters. The van der Waals surface area contributed by atoms with Crippen molar-refractivity contribution in [1.82, 2.24) is 0 Å². The van der Waals surface area contributed by atoms with Gasteiger partial charge in [-0.15, -0.1) is 0 Å². The van der Waals surface area contributed by atoms with Crippen molar-refractivity contribution in [3.63, 3.8) is 0 Å². The number of hydrogen-bond donors (Lipinski definition) is 0. The van der Waals surface area contributed by atoms with E-state index in [0.29, 0.717) is 45.7 Å². The maximum absolute atomic E-state index is 13.9. The van der Waals surface area contributed by atoms with Crippen molar-refractivity contribution in [3.05, 3.63) is 173 Å². The summed E-state index contributed by atoms with van der Waals surface area (Å²) in [4.78, 5) is 25.8. The number of fused-ring (bicyclic) bond motifs is 7. The van der Waals surface area contributed by atoms with E-state index in [2.05, 4.69) is 58.0 Å². The maximum Gasteiger partial charge on any atom is 0.519 e. The quantitative estimate of drug-likeness (QED) is 0.0940. The first-order valence-electron chi connectivity index (χ1n) is 20.5. The molecule has 0 fully saturated rings. The van der Waals surface area contributed by atoms with Gasteiger partial charge in [0.2, 0.25) is 0 Å². The van der Waals surface area contributed by atoms with E-state index >= 15 is 0 Å². The van der Waals surface area contributed by atoms with Gasteiger partial charge in [-0.05, 0) is 129 Å². The monoisotopic (exact) mass is 904 g/mol. The van der Waals surface area contributed by atoms with Crippen LogP contribution in [0.25, 0.3) is 11.1 Å². The number of methoxy groups -OCH3 is 1. The summed E-state index contributed by atoms with van der Waals surface area (Å²) < 4.78 is 23.2. The van der Waals surface area contributed by atoms with E-state index in [1.165, 1.54) is 6.92 Å². The number of benzene rings is 6. The van der Waals surface area contributed by atoms with Crippen molar-refractivity contribution in [1.29, 1.82) is 0 Å². The SMILES string of the molecule is COc1c(Cl)cc2c(c1Cl)C1(CC2(C)C)CC(C)(C)c2cc(Cl)c(OC(=O)Oc3ccc(C4(c5ccc(OC(C)=O)c(C)c5)c5ccccc5-c5ccccc54)cc3C)c(Cl)c21. The fraction of sp³-hybridized carbons (Fsp3) is 0.269. The summed E-state index contributed by atoms with van der Waals surface area (Å²) in [6, 6.07) is 32.3. The van der Waals surface area contributed by atoms with Crippen molar-refractivity contribution in [2.24, 2.45) is 0 Å². The van der Waals surface area contributed by atoms with Crippen LogP contribution in [0, 0.1) is 13.8 Å². The molecule has 10 heteroatoms. The Kier molecular flexibility index (Phi) is 10.1. The molecule has 0 N–H and O–H groups in total. The molecular formula is C52H44Cl4O6. The number of halogens is 4. The predicted molar refractivity (Wildman–Crippen MR) is 247 cm³/mol. The first kappa shape index (κ1) is 42.3. The van der Waals surface area contributed by atoms with Gasteiger partial charge in [0, 0.05) is 12.3 Å². The van der Waals surface area contributed by atoms with Crippen LogP contribution in [0.5, 0.6) is 23.0 Å². The third-order valence-electron chi connectivity index (χ3n) is 13.3. The van der Waals surface area contributed by atoms with Gasteiger partial charge in [0.15, 0.2) is 11.5 Å². The number of ether oxygens (including phenoxy) is 4. The van der Waals surface area contributed by atoms with Gasteiger partial charge in [0.25, 0.3) is 0 Å². The molecular weight excluding hydrogens is 862 g/mol. The Bertz CT molecular complexity index is 2860. The Labute approximate surface area is 382 Å². The van der Waals surface area contributed by atoms with E-state index in [-0.39, 0.29) is 32.6 Å². The fourth-order valence-corrected chi connectivity index (χ4v) is 12.6. The minimum atomic E-state index is -0.988. The second-order valence-electron chi connectivity index (χ2n) is 18.1. The van der Waals surface area contributed by atoms with E-state index in [1.807, 2.05) is 74.5 Å². The molecule has 0 saturated heterocycles. The van der Waals surface area contributed by atoms with Gasteiger partial charge in [0.1, 0.15) is 11.5 Å². The summed E-state index contributed by atoms with van der Waals surface area (Å²) in [6.07, 6.45) is 0.369. The summed E-state index contributed by atoms with van der Waals surface area (Å²) in [6.45, 7) is 13.9. The lowest BCUT2D eigenvalue weighted by atomic mass is 9.67. The zero-order chi connectivity index (χ0) is 44.3. The summed E-state index contributed by atoms with van der Waals surface area (Å²) in [5.41, 5.74) is 9.52. The third-order valence-corrected chi connectivity index (χ3v) is 14.5. The molecule has 0 heterocycles. The molecule has 3 aliphatic rings. The van der Waals surface area contributed by atoms with Crippen LogP contribution in [0.2, 0.25) is 20.1 Å². The molecule has 0 amide bonds. The lowest BCUT2D eigenvalue weighted by Gasteiger charge is -2.34. The molecule has 6 nitrogen and oxygen atoms in total. The Hall–Kier alpha value is -4.98. The average Bonchev–Trinajstić information content (AvgIpc) is 3.72. The molecule has 0 aromatic heterocycles. The van der Waals surface area contributed by atoms with Crippen molar-refractivity contribution >= 4 is 58.5 Å². The fourth-order valence-electron chi connectivity index (χ4n) is 11.1. The molecule has 6 aromatic rings. The molecule has 6 aromatic carbocycles. The van der Waals surface area contributed by atoms with Crippen molar-refractivity contribution in [3.8, 4) is 34.1 Å². The maximum atomic E-state index is 13.9. The molecule has 1 spiro atoms. The van der Waals surface area contributed by atoms with Crippen LogP contribution in [0.3, 0.4) is 0 Å². The third kappa shape index (κ3) is 6.19. The van der Waals surface area contributed by atoms with Crippen molar-refractivity contribution in [2.45, 2.75) is 83.0 Å². The van der Waals surface area contributed by atoms with E-state index in [1.54, 1.807) is 13.2 Å². The lowest BCUT2D eigenvalue weighted by Crippen LogP contribution is -2.29. The van der Waals surface area contributed by atoms with Crippen molar-refractivity contribution < 1.29 is 28.5 Å². The van der Waals surface area contributed by atoms with Gasteiger partial charge in [-0.1, -0.05) is 147 Å². The van der Waals surface area contributed by atoms with Crippen LogP contribution in [-0.2, 0) is 26.5 Å². The topological polar surface area (TPSA) is 71.1 Å². The second kappa shape index (κ2) is 14.8. The van der Waals surface area contributed by atoms with Crippen molar-refractivity contribution in [2.75, 3.05) is 7.11 Å². The summed E-state index contributed by atoms with van der Waals surface area (Å²) in [5.74, 6) is 0.843. The Balaban J connectivity index is 1.10. The number of aryl methyl sites for hydroxylation is 2. The van der Waals surface area contributed by atoms with E-state index < -0.39 is 17.0 Å². The number of carbonyl (C=O) groups is 2. The molecule has 9 rings (SSSR count). The Morgan fingerprint density at radius 3 is 1.48 bits per heavy atom. The normalized spacial score (nSPS) is 18.1. The molecule has 0 saturated carbocycles. The van der Waals surface area contributed by atoms with E-state index in [0.717, 1.165) is 61.2 Å². The summed E-state index contributed by atoms with van der Waals surface area (Å²) in [7, 11) is 1.55. The molecule has 0 aliphatic heterocycles. The number of rotatable bonds is 6. The van der Waals surface area contributed by atoms with E-state index in [9.17, 15) is 9.59 Å². The summed E-state index contributed by atoms with van der Waals surface area (Å²) >= 11 is 28.3. The van der Waals surface area contributed by atoms with Gasteiger partial charge >= 0.3 is 12.1 Å². The predicted octanol–water partition coefficient (Wildman–Crippen LogP) is 14.4. The number of hydrogen-bond acceptors (Lipinski definition) is 6. The molecule has 62 heavy (non-hydrogen) atoms. The van der Waals surface area contributed by atoms with E-state index in [4.69, 9.17) is 65.4 Å². The lowest BCUT2D eigenvalue weighted by molar-refractivity contribution is -0.131. The highest BCUT2D eigenvalue weighted by Gasteiger charge is 2.59. The van der Waals surface area contributed by atoms with Crippen LogP contribution >= 0.6 is 46.4 Å². The summed E-state index contributed by atoms with van der Waals surface area (Å²) in [5, 5.41) is 1.30. The molecule has 316 valence electrons. The average molecular weight is 907 g/mol. The minimum Gasteiger partial charge on any atom is -0.494 e. The molecule has 0 radical (unpaired) electrons. The molecule has 1 atom stereocenters. The minimum absolute atomic E-state index is 0.0115. The zero-order valence-electron chi connectivity index (χ0n) is 35.6. The van der Waals surface area contributed by atoms with Gasteiger partial charge in [-0.25, -0.2) is 4.79 Å². The highest BCUT2D eigenvalue weighted by molar-refractivity contribution is 6.39. The van der Waals surface area contributed by atoms with Crippen LogP contribution < -0.4 is 18.9 Å². The smallest absolute Gasteiger partial charge is 0.494 e. The van der Waals surface area contributed by atoms with Gasteiger partial charge in [0.05, 0.1) is 32.6 Å². The van der Waals surface area contributed by atoms with Gasteiger partial charge < -0.3 is 18.9 Å². The highest BCUT2D eigenvalue weighted by atomic mass is 35.5. The molecule has 0 bridgehead atoms. The first-order valence-corrected chi connectivity index (χ1v) is 22.0. The van der Waals surface area contributed by atoms with Crippen LogP contribution in [0.1, 0.15) is 103 Å². The van der Waals surface area contributed by atoms with Gasteiger partial charge in [-0.2, -0.15) is 0 Å². The first-order chi connectivity index (χ1) is 29.3. The van der Waals surface area contributed by atoms with Gasteiger partial charge in [-0.3, -0.25) is 4.79 Å². The molecule has 3 aliphatic carbocycles. The number of esters is 1. The zero-order valence-corrected chi connectivity index (χ0v) is 38.6.